The molecule has 4 heteroatoms. The standard InChI is InChI=1S/C50H29N3S/c1-2-13-30(14-3-1)31-24-26-32(27-25-31)39-29-43(52-40-21-12-28-51-48(39)40)53-41-22-10-8-19-37(41)46-44-35-17-6-4-15-33(35)34-16-5-7-18-36(34)45(44)47-38-20-9-11-23-42(38)54-50(47)49(46)53/h1-29H. The summed E-state index contributed by atoms with van der Waals surface area (Å²) in [5, 5.41) is 12.8. The third kappa shape index (κ3) is 4.11. The van der Waals surface area contributed by atoms with Gasteiger partial charge in [0.05, 0.1) is 26.8 Å². The van der Waals surface area contributed by atoms with Crippen LogP contribution in [0, 0.1) is 0 Å². The molecule has 0 aliphatic heterocycles. The highest BCUT2D eigenvalue weighted by Gasteiger charge is 2.25. The molecule has 4 aromatic heterocycles. The Labute approximate surface area is 314 Å². The maximum atomic E-state index is 5.43. The molecule has 0 N–H and O–H groups in total. The van der Waals surface area contributed by atoms with Gasteiger partial charge in [0, 0.05) is 48.8 Å². The number of hydrogen-bond donors (Lipinski definition) is 0. The Morgan fingerprint density at radius 3 is 1.80 bits per heavy atom. The molecule has 0 atom stereocenters. The van der Waals surface area contributed by atoms with Crippen LogP contribution in [-0.2, 0) is 0 Å². The van der Waals surface area contributed by atoms with E-state index in [2.05, 4.69) is 168 Å². The molecule has 54 heavy (non-hydrogen) atoms. The summed E-state index contributed by atoms with van der Waals surface area (Å²) >= 11 is 1.89. The van der Waals surface area contributed by atoms with Gasteiger partial charge >= 0.3 is 0 Å². The van der Waals surface area contributed by atoms with Crippen LogP contribution in [0.2, 0.25) is 0 Å². The highest BCUT2D eigenvalue weighted by Crippen LogP contribution is 2.51. The van der Waals surface area contributed by atoms with Crippen molar-refractivity contribution in [1.82, 2.24) is 14.5 Å². The van der Waals surface area contributed by atoms with Crippen LogP contribution in [0.5, 0.6) is 0 Å². The normalized spacial score (nSPS) is 12.1. The summed E-state index contributed by atoms with van der Waals surface area (Å²) in [5.41, 5.74) is 8.65. The Bertz CT molecular complexity index is 3490. The molecule has 8 aromatic carbocycles. The quantitative estimate of drug-likeness (QED) is 0.172. The molecule has 0 fully saturated rings. The minimum Gasteiger partial charge on any atom is -0.292 e. The molecular weight excluding hydrogens is 675 g/mol. The van der Waals surface area contributed by atoms with Crippen molar-refractivity contribution in [2.75, 3.05) is 0 Å². The third-order valence-electron chi connectivity index (χ3n) is 11.2. The lowest BCUT2D eigenvalue weighted by atomic mass is 9.89. The molecule has 0 saturated carbocycles. The van der Waals surface area contributed by atoms with Crippen molar-refractivity contribution >= 4 is 96.7 Å². The fourth-order valence-corrected chi connectivity index (χ4v) is 10.2. The van der Waals surface area contributed by atoms with E-state index in [1.54, 1.807) is 0 Å². The molecule has 0 bridgehead atoms. The van der Waals surface area contributed by atoms with Gasteiger partial charge in [0.15, 0.2) is 0 Å². The van der Waals surface area contributed by atoms with Crippen molar-refractivity contribution in [3.63, 3.8) is 0 Å². The minimum absolute atomic E-state index is 0.868. The van der Waals surface area contributed by atoms with E-state index in [1.807, 2.05) is 23.6 Å². The van der Waals surface area contributed by atoms with E-state index in [-0.39, 0.29) is 0 Å². The molecule has 0 aliphatic rings. The molecule has 250 valence electrons. The molecule has 0 unspecified atom stereocenters. The Kier molecular flexibility index (Phi) is 6.21. The molecule has 4 heterocycles. The molecule has 12 rings (SSSR count). The van der Waals surface area contributed by atoms with Crippen LogP contribution in [0.3, 0.4) is 0 Å². The van der Waals surface area contributed by atoms with Gasteiger partial charge in [-0.2, -0.15) is 0 Å². The van der Waals surface area contributed by atoms with Crippen LogP contribution < -0.4 is 0 Å². The molecule has 0 saturated heterocycles. The maximum absolute atomic E-state index is 5.43. The van der Waals surface area contributed by atoms with Crippen molar-refractivity contribution in [3.05, 3.63) is 176 Å². The van der Waals surface area contributed by atoms with Crippen LogP contribution in [0.25, 0.3) is 113 Å². The molecule has 12 aromatic rings. The zero-order valence-electron chi connectivity index (χ0n) is 29.0. The van der Waals surface area contributed by atoms with Crippen molar-refractivity contribution in [2.24, 2.45) is 0 Å². The van der Waals surface area contributed by atoms with E-state index in [1.165, 1.54) is 79.9 Å². The number of para-hydroxylation sites is 1. The Balaban J connectivity index is 1.27. The van der Waals surface area contributed by atoms with Crippen molar-refractivity contribution in [1.29, 1.82) is 0 Å². The fourth-order valence-electron chi connectivity index (χ4n) is 8.92. The van der Waals surface area contributed by atoms with Gasteiger partial charge in [-0.05, 0) is 68.6 Å². The summed E-state index contributed by atoms with van der Waals surface area (Å²) in [6.07, 6.45) is 1.87. The lowest BCUT2D eigenvalue weighted by molar-refractivity contribution is 1.10. The van der Waals surface area contributed by atoms with Crippen molar-refractivity contribution in [2.45, 2.75) is 0 Å². The van der Waals surface area contributed by atoms with E-state index in [0.29, 0.717) is 0 Å². The summed E-state index contributed by atoms with van der Waals surface area (Å²) < 4.78 is 4.99. The number of fused-ring (bicyclic) bond motifs is 16. The second-order valence-corrected chi connectivity index (χ2v) is 15.1. The predicted octanol–water partition coefficient (Wildman–Crippen LogP) is 13.9. The molecule has 0 amide bonds. The largest absolute Gasteiger partial charge is 0.292 e. The van der Waals surface area contributed by atoms with E-state index < -0.39 is 0 Å². The Morgan fingerprint density at radius 1 is 0.444 bits per heavy atom. The molecule has 0 spiro atoms. The maximum Gasteiger partial charge on any atom is 0.139 e. The van der Waals surface area contributed by atoms with Crippen molar-refractivity contribution < 1.29 is 0 Å². The number of benzene rings is 8. The summed E-state index contributed by atoms with van der Waals surface area (Å²) in [4.78, 5) is 10.3. The van der Waals surface area contributed by atoms with Crippen LogP contribution in [0.15, 0.2) is 176 Å². The van der Waals surface area contributed by atoms with E-state index in [0.717, 1.165) is 33.5 Å². The van der Waals surface area contributed by atoms with E-state index >= 15 is 0 Å². The number of pyridine rings is 2. The third-order valence-corrected chi connectivity index (χ3v) is 12.4. The molecule has 3 nitrogen and oxygen atoms in total. The van der Waals surface area contributed by atoms with Gasteiger partial charge in [0.1, 0.15) is 5.82 Å². The fraction of sp³-hybridized carbons (Fsp3) is 0. The average Bonchev–Trinajstić information content (AvgIpc) is 3.80. The highest BCUT2D eigenvalue weighted by molar-refractivity contribution is 7.27. The van der Waals surface area contributed by atoms with Crippen LogP contribution in [-0.4, -0.2) is 14.5 Å². The topological polar surface area (TPSA) is 30.7 Å². The number of hydrogen-bond acceptors (Lipinski definition) is 3. The van der Waals surface area contributed by atoms with Crippen LogP contribution in [0.1, 0.15) is 0 Å². The van der Waals surface area contributed by atoms with Gasteiger partial charge in [-0.15, -0.1) is 11.3 Å². The van der Waals surface area contributed by atoms with Gasteiger partial charge in [0.2, 0.25) is 0 Å². The first-order valence-electron chi connectivity index (χ1n) is 18.3. The first kappa shape index (κ1) is 29.7. The second-order valence-electron chi connectivity index (χ2n) is 14.1. The summed E-state index contributed by atoms with van der Waals surface area (Å²) in [7, 11) is 0. The number of aromatic nitrogens is 3. The number of rotatable bonds is 3. The van der Waals surface area contributed by atoms with E-state index in [4.69, 9.17) is 9.97 Å². The molecular formula is C50H29N3S. The average molecular weight is 704 g/mol. The SMILES string of the molecule is c1ccc(-c2ccc(-c3cc(-n4c5ccccc5c5c6c7ccccc7c7ccccc7c6c6c7ccccc7sc6c54)nc4cccnc34)cc2)cc1. The second kappa shape index (κ2) is 11.3. The van der Waals surface area contributed by atoms with Gasteiger partial charge in [-0.3, -0.25) is 9.55 Å². The van der Waals surface area contributed by atoms with Gasteiger partial charge in [-0.25, -0.2) is 4.98 Å². The smallest absolute Gasteiger partial charge is 0.139 e. The number of nitrogens with zero attached hydrogens (tertiary/aromatic N) is 3. The Morgan fingerprint density at radius 2 is 1.04 bits per heavy atom. The lowest BCUT2D eigenvalue weighted by Gasteiger charge is -2.15. The zero-order valence-corrected chi connectivity index (χ0v) is 29.8. The Hall–Kier alpha value is -6.88. The summed E-state index contributed by atoms with van der Waals surface area (Å²) in [5.74, 6) is 0.882. The van der Waals surface area contributed by atoms with Gasteiger partial charge < -0.3 is 0 Å². The molecule has 0 radical (unpaired) electrons. The van der Waals surface area contributed by atoms with Crippen LogP contribution in [0.4, 0.5) is 0 Å². The minimum atomic E-state index is 0.868. The van der Waals surface area contributed by atoms with Crippen LogP contribution >= 0.6 is 11.3 Å². The zero-order chi connectivity index (χ0) is 35.3. The summed E-state index contributed by atoms with van der Waals surface area (Å²) in [6.45, 7) is 0. The summed E-state index contributed by atoms with van der Waals surface area (Å²) in [6, 6.07) is 61.4. The lowest BCUT2D eigenvalue weighted by Crippen LogP contribution is -2.00. The van der Waals surface area contributed by atoms with Gasteiger partial charge in [-0.1, -0.05) is 140 Å². The predicted molar refractivity (Wildman–Crippen MR) is 230 cm³/mol. The number of thiophene rings is 1. The van der Waals surface area contributed by atoms with Crippen molar-refractivity contribution in [3.8, 4) is 28.1 Å². The van der Waals surface area contributed by atoms with Gasteiger partial charge in [0.25, 0.3) is 0 Å². The van der Waals surface area contributed by atoms with E-state index in [9.17, 15) is 0 Å². The highest BCUT2D eigenvalue weighted by atomic mass is 32.1. The monoisotopic (exact) mass is 703 g/mol. The first-order valence-corrected chi connectivity index (χ1v) is 19.1. The first-order chi connectivity index (χ1) is 26.8. The molecule has 0 aliphatic carbocycles.